The average Bonchev–Trinajstić information content (AvgIpc) is 3.22. The molecule has 2 aromatic rings. The smallest absolute Gasteiger partial charge is 0.257 e. The molecule has 1 aliphatic rings. The van der Waals surface area contributed by atoms with E-state index in [1.54, 1.807) is 23.1 Å². The standard InChI is InChI=1S/C20H21N3O3/c1-14(16-4-2-15(12-21)3-5-16)22-19(24)17-6-9-23(10-7-17)20(25)18-8-11-26-13-18/h2-5,8,11,13-14,17H,6-7,9-10H2,1H3,(H,22,24). The van der Waals surface area contributed by atoms with Crippen LogP contribution in [0.15, 0.2) is 47.3 Å². The Labute approximate surface area is 152 Å². The van der Waals surface area contributed by atoms with Crippen molar-refractivity contribution in [2.45, 2.75) is 25.8 Å². The van der Waals surface area contributed by atoms with Gasteiger partial charge in [0.1, 0.15) is 6.26 Å². The van der Waals surface area contributed by atoms with Gasteiger partial charge in [-0.05, 0) is 43.5 Å². The van der Waals surface area contributed by atoms with Crippen LogP contribution in [0.2, 0.25) is 0 Å². The Bertz CT molecular complexity index is 798. The summed E-state index contributed by atoms with van der Waals surface area (Å²) < 4.78 is 4.96. The second-order valence-corrected chi connectivity index (χ2v) is 6.54. The third-order valence-corrected chi connectivity index (χ3v) is 4.82. The molecule has 1 aromatic heterocycles. The Hall–Kier alpha value is -3.07. The summed E-state index contributed by atoms with van der Waals surface area (Å²) in [6.07, 6.45) is 4.23. The summed E-state index contributed by atoms with van der Waals surface area (Å²) in [5.74, 6) is -0.134. The van der Waals surface area contributed by atoms with Crippen molar-refractivity contribution in [3.63, 3.8) is 0 Å². The van der Waals surface area contributed by atoms with Crippen LogP contribution in [0.3, 0.4) is 0 Å². The number of carbonyl (C=O) groups is 2. The third-order valence-electron chi connectivity index (χ3n) is 4.82. The zero-order valence-electron chi connectivity index (χ0n) is 14.6. The molecule has 2 amide bonds. The predicted molar refractivity (Wildman–Crippen MR) is 95.1 cm³/mol. The number of carbonyl (C=O) groups excluding carboxylic acids is 2. The van der Waals surface area contributed by atoms with Gasteiger partial charge in [0.15, 0.2) is 0 Å². The van der Waals surface area contributed by atoms with Gasteiger partial charge in [0.2, 0.25) is 5.91 Å². The van der Waals surface area contributed by atoms with Crippen LogP contribution in [-0.4, -0.2) is 29.8 Å². The maximum absolute atomic E-state index is 12.5. The molecule has 1 N–H and O–H groups in total. The number of rotatable bonds is 4. The fourth-order valence-corrected chi connectivity index (χ4v) is 3.17. The Morgan fingerprint density at radius 1 is 1.23 bits per heavy atom. The molecule has 0 bridgehead atoms. The highest BCUT2D eigenvalue weighted by Crippen LogP contribution is 2.21. The zero-order valence-corrected chi connectivity index (χ0v) is 14.6. The van der Waals surface area contributed by atoms with Gasteiger partial charge in [0.25, 0.3) is 5.91 Å². The normalized spacial score (nSPS) is 15.9. The topological polar surface area (TPSA) is 86.3 Å². The molecule has 134 valence electrons. The SMILES string of the molecule is CC(NC(=O)C1CCN(C(=O)c2ccoc2)CC1)c1ccc(C#N)cc1. The van der Waals surface area contributed by atoms with Crippen LogP contribution in [-0.2, 0) is 4.79 Å². The van der Waals surface area contributed by atoms with Crippen molar-refractivity contribution in [1.82, 2.24) is 10.2 Å². The number of nitrogens with zero attached hydrogens (tertiary/aromatic N) is 2. The van der Waals surface area contributed by atoms with Crippen LogP contribution in [0.25, 0.3) is 0 Å². The maximum Gasteiger partial charge on any atom is 0.257 e. The van der Waals surface area contributed by atoms with Gasteiger partial charge in [-0.15, -0.1) is 0 Å². The summed E-state index contributed by atoms with van der Waals surface area (Å²) in [5.41, 5.74) is 2.11. The van der Waals surface area contributed by atoms with E-state index in [1.807, 2.05) is 19.1 Å². The van der Waals surface area contributed by atoms with Crippen molar-refractivity contribution >= 4 is 11.8 Å². The van der Waals surface area contributed by atoms with Crippen molar-refractivity contribution < 1.29 is 14.0 Å². The Morgan fingerprint density at radius 2 is 1.92 bits per heavy atom. The second kappa shape index (κ2) is 7.87. The number of nitriles is 1. The highest BCUT2D eigenvalue weighted by molar-refractivity contribution is 5.94. The molecule has 1 saturated heterocycles. The lowest BCUT2D eigenvalue weighted by atomic mass is 9.94. The summed E-state index contributed by atoms with van der Waals surface area (Å²) in [4.78, 5) is 26.6. The van der Waals surface area contributed by atoms with Gasteiger partial charge in [-0.1, -0.05) is 12.1 Å². The summed E-state index contributed by atoms with van der Waals surface area (Å²) in [7, 11) is 0. The number of benzene rings is 1. The second-order valence-electron chi connectivity index (χ2n) is 6.54. The molecule has 1 fully saturated rings. The third kappa shape index (κ3) is 3.94. The first-order valence-electron chi connectivity index (χ1n) is 8.70. The number of nitrogens with one attached hydrogen (secondary N) is 1. The molecule has 26 heavy (non-hydrogen) atoms. The number of hydrogen-bond acceptors (Lipinski definition) is 4. The number of furan rings is 1. The molecule has 1 unspecified atom stereocenters. The molecule has 0 saturated carbocycles. The van der Waals surface area contributed by atoms with E-state index in [4.69, 9.17) is 9.68 Å². The molecule has 0 radical (unpaired) electrons. The Morgan fingerprint density at radius 3 is 2.50 bits per heavy atom. The minimum Gasteiger partial charge on any atom is -0.472 e. The molecule has 0 aliphatic carbocycles. The van der Waals surface area contributed by atoms with Gasteiger partial charge >= 0.3 is 0 Å². The van der Waals surface area contributed by atoms with Crippen molar-refractivity contribution in [3.05, 3.63) is 59.5 Å². The molecule has 1 aromatic carbocycles. The molecule has 0 spiro atoms. The van der Waals surface area contributed by atoms with Gasteiger partial charge in [0, 0.05) is 19.0 Å². The molecule has 2 heterocycles. The van der Waals surface area contributed by atoms with E-state index >= 15 is 0 Å². The zero-order chi connectivity index (χ0) is 18.5. The van der Waals surface area contributed by atoms with Crippen molar-refractivity contribution in [3.8, 4) is 6.07 Å². The fraction of sp³-hybridized carbons (Fsp3) is 0.350. The molecule has 6 nitrogen and oxygen atoms in total. The van der Waals surface area contributed by atoms with Gasteiger partial charge in [-0.2, -0.15) is 5.26 Å². The van der Waals surface area contributed by atoms with Crippen LogP contribution >= 0.6 is 0 Å². The van der Waals surface area contributed by atoms with Crippen LogP contribution in [0, 0.1) is 17.2 Å². The van der Waals surface area contributed by atoms with E-state index in [0.29, 0.717) is 37.1 Å². The molecule has 3 rings (SSSR count). The van der Waals surface area contributed by atoms with E-state index in [0.717, 1.165) is 5.56 Å². The molecule has 1 aliphatic heterocycles. The molecule has 6 heteroatoms. The van der Waals surface area contributed by atoms with Gasteiger partial charge < -0.3 is 14.6 Å². The predicted octanol–water partition coefficient (Wildman–Crippen LogP) is 2.88. The van der Waals surface area contributed by atoms with E-state index in [1.165, 1.54) is 12.5 Å². The minimum absolute atomic E-state index is 0.0114. The quantitative estimate of drug-likeness (QED) is 0.918. The maximum atomic E-state index is 12.5. The van der Waals surface area contributed by atoms with Crippen molar-refractivity contribution in [2.75, 3.05) is 13.1 Å². The minimum atomic E-state index is -0.124. The monoisotopic (exact) mass is 351 g/mol. The lowest BCUT2D eigenvalue weighted by Crippen LogP contribution is -2.43. The first-order chi connectivity index (χ1) is 12.6. The summed E-state index contributed by atoms with van der Waals surface area (Å²) >= 11 is 0. The molecule has 1 atom stereocenters. The van der Waals surface area contributed by atoms with Crippen LogP contribution in [0.5, 0.6) is 0 Å². The van der Waals surface area contributed by atoms with E-state index in [9.17, 15) is 9.59 Å². The van der Waals surface area contributed by atoms with Crippen LogP contribution in [0.1, 0.15) is 47.3 Å². The Kier molecular flexibility index (Phi) is 5.37. The molecular weight excluding hydrogens is 330 g/mol. The van der Waals surface area contributed by atoms with Gasteiger partial charge in [-0.3, -0.25) is 9.59 Å². The van der Waals surface area contributed by atoms with Crippen molar-refractivity contribution in [1.29, 1.82) is 5.26 Å². The van der Waals surface area contributed by atoms with E-state index < -0.39 is 0 Å². The van der Waals surface area contributed by atoms with Crippen molar-refractivity contribution in [2.24, 2.45) is 5.92 Å². The van der Waals surface area contributed by atoms with Crippen LogP contribution in [0.4, 0.5) is 0 Å². The highest BCUT2D eigenvalue weighted by Gasteiger charge is 2.28. The number of likely N-dealkylation sites (tertiary alicyclic amines) is 1. The lowest BCUT2D eigenvalue weighted by Gasteiger charge is -2.31. The summed E-state index contributed by atoms with van der Waals surface area (Å²) in [6.45, 7) is 3.05. The van der Waals surface area contributed by atoms with E-state index in [-0.39, 0.29) is 23.8 Å². The molecular formula is C20H21N3O3. The van der Waals surface area contributed by atoms with E-state index in [2.05, 4.69) is 11.4 Å². The Balaban J connectivity index is 1.51. The first kappa shape index (κ1) is 17.7. The summed E-state index contributed by atoms with van der Waals surface area (Å²) in [5, 5.41) is 11.9. The van der Waals surface area contributed by atoms with Crippen LogP contribution < -0.4 is 5.32 Å². The largest absolute Gasteiger partial charge is 0.472 e. The number of piperidine rings is 1. The number of hydrogen-bond donors (Lipinski definition) is 1. The first-order valence-corrected chi connectivity index (χ1v) is 8.70. The lowest BCUT2D eigenvalue weighted by molar-refractivity contribution is -0.126. The van der Waals surface area contributed by atoms with Gasteiger partial charge in [0.05, 0.1) is 29.5 Å². The summed E-state index contributed by atoms with van der Waals surface area (Å²) in [6, 6.07) is 10.8. The highest BCUT2D eigenvalue weighted by atomic mass is 16.3. The fourth-order valence-electron chi connectivity index (χ4n) is 3.17. The average molecular weight is 351 g/mol. The van der Waals surface area contributed by atoms with Gasteiger partial charge in [-0.25, -0.2) is 0 Å². The number of amides is 2.